The summed E-state index contributed by atoms with van der Waals surface area (Å²) >= 11 is 0. The second-order valence-electron chi connectivity index (χ2n) is 6.10. The van der Waals surface area contributed by atoms with Crippen LogP contribution in [0.3, 0.4) is 0 Å². The van der Waals surface area contributed by atoms with Gasteiger partial charge >= 0.3 is 0 Å². The number of nitrogens with zero attached hydrogens (tertiary/aromatic N) is 2. The van der Waals surface area contributed by atoms with Gasteiger partial charge in [0.25, 0.3) is 0 Å². The minimum absolute atomic E-state index is 0.151. The van der Waals surface area contributed by atoms with E-state index in [-0.39, 0.29) is 11.9 Å². The lowest BCUT2D eigenvalue weighted by Crippen LogP contribution is -2.50. The molecule has 0 aromatic heterocycles. The Morgan fingerprint density at radius 3 is 2.80 bits per heavy atom. The van der Waals surface area contributed by atoms with Crippen molar-refractivity contribution in [2.75, 3.05) is 45.9 Å². The number of likely N-dealkylation sites (tertiary alicyclic amines) is 1. The Morgan fingerprint density at radius 2 is 2.10 bits per heavy atom. The quantitative estimate of drug-likeness (QED) is 0.806. The summed E-state index contributed by atoms with van der Waals surface area (Å²) in [5, 5.41) is 0. The second-order valence-corrected chi connectivity index (χ2v) is 6.10. The number of hydrogen-bond donors (Lipinski definition) is 1. The van der Waals surface area contributed by atoms with E-state index >= 15 is 0 Å². The monoisotopic (exact) mass is 283 g/mol. The van der Waals surface area contributed by atoms with E-state index < -0.39 is 0 Å². The van der Waals surface area contributed by atoms with E-state index in [1.807, 2.05) is 4.90 Å². The molecule has 2 N–H and O–H groups in total. The third-order valence-electron chi connectivity index (χ3n) is 4.37. The largest absolute Gasteiger partial charge is 0.379 e. The van der Waals surface area contributed by atoms with Crippen molar-refractivity contribution >= 4 is 5.91 Å². The lowest BCUT2D eigenvalue weighted by atomic mass is 9.96. The fraction of sp³-hybridized carbons (Fsp3) is 0.933. The standard InChI is InChI=1S/C15H29N3O2/c1-2-4-14(16)15(19)18-6-3-5-13(12-18)11-17-7-9-20-10-8-17/h13-14H,2-12,16H2,1H3. The number of amides is 1. The highest BCUT2D eigenvalue weighted by atomic mass is 16.5. The predicted molar refractivity (Wildman–Crippen MR) is 79.4 cm³/mol. The van der Waals surface area contributed by atoms with Gasteiger partial charge in [0.2, 0.25) is 5.91 Å². The van der Waals surface area contributed by atoms with Crippen molar-refractivity contribution in [2.45, 2.75) is 38.6 Å². The molecule has 2 heterocycles. The molecular formula is C15H29N3O2. The van der Waals surface area contributed by atoms with E-state index in [9.17, 15) is 4.79 Å². The predicted octanol–water partition coefficient (Wildman–Crippen LogP) is 0.685. The summed E-state index contributed by atoms with van der Waals surface area (Å²) in [6, 6.07) is -0.304. The number of rotatable bonds is 5. The van der Waals surface area contributed by atoms with Crippen molar-refractivity contribution in [1.82, 2.24) is 9.80 Å². The summed E-state index contributed by atoms with van der Waals surface area (Å²) in [5.41, 5.74) is 5.97. The molecule has 0 spiro atoms. The molecule has 0 aliphatic carbocycles. The molecule has 2 saturated heterocycles. The van der Waals surface area contributed by atoms with Gasteiger partial charge in [-0.3, -0.25) is 9.69 Å². The molecule has 2 atom stereocenters. The number of carbonyl (C=O) groups excluding carboxylic acids is 1. The topological polar surface area (TPSA) is 58.8 Å². The fourth-order valence-corrected chi connectivity index (χ4v) is 3.23. The number of morpholine rings is 1. The molecule has 0 aromatic carbocycles. The fourth-order valence-electron chi connectivity index (χ4n) is 3.23. The van der Waals surface area contributed by atoms with Crippen molar-refractivity contribution in [3.8, 4) is 0 Å². The van der Waals surface area contributed by atoms with Gasteiger partial charge in [-0.1, -0.05) is 13.3 Å². The lowest BCUT2D eigenvalue weighted by Gasteiger charge is -2.37. The Hall–Kier alpha value is -0.650. The molecular weight excluding hydrogens is 254 g/mol. The van der Waals surface area contributed by atoms with E-state index in [1.165, 1.54) is 6.42 Å². The van der Waals surface area contributed by atoms with E-state index in [2.05, 4.69) is 11.8 Å². The van der Waals surface area contributed by atoms with Crippen molar-refractivity contribution in [3.05, 3.63) is 0 Å². The van der Waals surface area contributed by atoms with Crippen LogP contribution in [-0.2, 0) is 9.53 Å². The molecule has 1 amide bonds. The molecule has 2 rings (SSSR count). The number of piperidine rings is 1. The minimum atomic E-state index is -0.304. The van der Waals surface area contributed by atoms with Crippen molar-refractivity contribution in [2.24, 2.45) is 11.7 Å². The highest BCUT2D eigenvalue weighted by molar-refractivity contribution is 5.81. The number of nitrogens with two attached hydrogens (primary N) is 1. The van der Waals surface area contributed by atoms with Gasteiger partial charge in [0.1, 0.15) is 0 Å². The van der Waals surface area contributed by atoms with Gasteiger partial charge in [-0.25, -0.2) is 0 Å². The molecule has 20 heavy (non-hydrogen) atoms. The Balaban J connectivity index is 1.80. The van der Waals surface area contributed by atoms with E-state index in [4.69, 9.17) is 10.5 Å². The van der Waals surface area contributed by atoms with Crippen LogP contribution in [0.5, 0.6) is 0 Å². The van der Waals surface area contributed by atoms with E-state index in [1.54, 1.807) is 0 Å². The highest BCUT2D eigenvalue weighted by Gasteiger charge is 2.28. The summed E-state index contributed by atoms with van der Waals surface area (Å²) in [4.78, 5) is 16.8. The molecule has 116 valence electrons. The first-order valence-corrected chi connectivity index (χ1v) is 8.05. The molecule has 2 aliphatic rings. The van der Waals surface area contributed by atoms with Crippen LogP contribution in [-0.4, -0.2) is 67.7 Å². The van der Waals surface area contributed by atoms with Crippen LogP contribution in [0, 0.1) is 5.92 Å². The minimum Gasteiger partial charge on any atom is -0.379 e. The van der Waals surface area contributed by atoms with E-state index in [0.717, 1.165) is 65.2 Å². The van der Waals surface area contributed by atoms with Crippen LogP contribution in [0.4, 0.5) is 0 Å². The van der Waals surface area contributed by atoms with E-state index in [0.29, 0.717) is 5.92 Å². The van der Waals surface area contributed by atoms with Crippen LogP contribution in [0.15, 0.2) is 0 Å². The van der Waals surface area contributed by atoms with Crippen LogP contribution < -0.4 is 5.73 Å². The van der Waals surface area contributed by atoms with Gasteiger partial charge in [0.05, 0.1) is 19.3 Å². The van der Waals surface area contributed by atoms with Gasteiger partial charge in [0.15, 0.2) is 0 Å². The molecule has 0 saturated carbocycles. The van der Waals surface area contributed by atoms with Crippen LogP contribution in [0.2, 0.25) is 0 Å². The number of carbonyl (C=O) groups is 1. The molecule has 2 fully saturated rings. The number of ether oxygens (including phenoxy) is 1. The third-order valence-corrected chi connectivity index (χ3v) is 4.37. The molecule has 2 unspecified atom stereocenters. The summed E-state index contributed by atoms with van der Waals surface area (Å²) in [6.07, 6.45) is 4.10. The number of hydrogen-bond acceptors (Lipinski definition) is 4. The zero-order valence-corrected chi connectivity index (χ0v) is 12.7. The van der Waals surface area contributed by atoms with Gasteiger partial charge in [0, 0.05) is 32.7 Å². The molecule has 0 aromatic rings. The van der Waals surface area contributed by atoms with Gasteiger partial charge in [-0.2, -0.15) is 0 Å². The van der Waals surface area contributed by atoms with Crippen molar-refractivity contribution in [1.29, 1.82) is 0 Å². The van der Waals surface area contributed by atoms with Crippen molar-refractivity contribution in [3.63, 3.8) is 0 Å². The van der Waals surface area contributed by atoms with Gasteiger partial charge in [-0.15, -0.1) is 0 Å². The maximum atomic E-state index is 12.3. The first kappa shape index (κ1) is 15.7. The molecule has 5 heteroatoms. The first-order valence-electron chi connectivity index (χ1n) is 8.05. The summed E-state index contributed by atoms with van der Waals surface area (Å²) in [5.74, 6) is 0.748. The maximum Gasteiger partial charge on any atom is 0.239 e. The molecule has 0 radical (unpaired) electrons. The Morgan fingerprint density at radius 1 is 1.35 bits per heavy atom. The molecule has 0 bridgehead atoms. The average molecular weight is 283 g/mol. The highest BCUT2D eigenvalue weighted by Crippen LogP contribution is 2.19. The van der Waals surface area contributed by atoms with Crippen molar-refractivity contribution < 1.29 is 9.53 Å². The molecule has 2 aliphatic heterocycles. The Bertz CT molecular complexity index is 305. The maximum absolute atomic E-state index is 12.3. The van der Waals surface area contributed by atoms with Gasteiger partial charge < -0.3 is 15.4 Å². The van der Waals surface area contributed by atoms with Gasteiger partial charge in [-0.05, 0) is 25.2 Å². The Labute approximate surface area is 122 Å². The summed E-state index contributed by atoms with van der Waals surface area (Å²) in [7, 11) is 0. The van der Waals surface area contributed by atoms with Crippen LogP contribution in [0.1, 0.15) is 32.6 Å². The summed E-state index contributed by atoms with van der Waals surface area (Å²) in [6.45, 7) is 8.68. The average Bonchev–Trinajstić information content (AvgIpc) is 2.48. The zero-order chi connectivity index (χ0) is 14.4. The zero-order valence-electron chi connectivity index (χ0n) is 12.7. The SMILES string of the molecule is CCCC(N)C(=O)N1CCCC(CN2CCOCC2)C1. The molecule has 5 nitrogen and oxygen atoms in total. The first-order chi connectivity index (χ1) is 9.70. The Kier molecular flexibility index (Phi) is 6.26. The normalized spacial score (nSPS) is 26.5. The second kappa shape index (κ2) is 7.96. The van der Waals surface area contributed by atoms with Crippen LogP contribution in [0.25, 0.3) is 0 Å². The third kappa shape index (κ3) is 4.43. The smallest absolute Gasteiger partial charge is 0.239 e. The summed E-state index contributed by atoms with van der Waals surface area (Å²) < 4.78 is 5.38. The lowest BCUT2D eigenvalue weighted by molar-refractivity contribution is -0.134. The van der Waals surface area contributed by atoms with Crippen LogP contribution >= 0.6 is 0 Å².